The highest BCUT2D eigenvalue weighted by molar-refractivity contribution is 5.18. The summed E-state index contributed by atoms with van der Waals surface area (Å²) in [4.78, 5) is 0. The van der Waals surface area contributed by atoms with Gasteiger partial charge in [0.25, 0.3) is 0 Å². The van der Waals surface area contributed by atoms with Crippen molar-refractivity contribution in [1.29, 1.82) is 0 Å². The van der Waals surface area contributed by atoms with Crippen molar-refractivity contribution in [3.8, 4) is 0 Å². The van der Waals surface area contributed by atoms with Gasteiger partial charge in [0.2, 0.25) is 0 Å². The Morgan fingerprint density at radius 2 is 1.89 bits per heavy atom. The van der Waals surface area contributed by atoms with E-state index in [4.69, 9.17) is 5.73 Å². The Balaban J connectivity index is 2.62. The Bertz CT molecular complexity index is 340. The van der Waals surface area contributed by atoms with Crippen LogP contribution in [0.15, 0.2) is 30.3 Å². The van der Waals surface area contributed by atoms with Gasteiger partial charge in [0, 0.05) is 18.1 Å². The van der Waals surface area contributed by atoms with Gasteiger partial charge in [0.1, 0.15) is 0 Å². The third-order valence-electron chi connectivity index (χ3n) is 3.18. The van der Waals surface area contributed by atoms with Gasteiger partial charge in [0.05, 0.1) is 6.10 Å². The number of nitrogens with two attached hydrogens (primary N) is 1. The highest BCUT2D eigenvalue weighted by Gasteiger charge is 2.24. The zero-order chi connectivity index (χ0) is 13.6. The molecule has 0 aliphatic rings. The number of nitrogens with one attached hydrogen (secondary N) is 1. The summed E-state index contributed by atoms with van der Waals surface area (Å²) < 4.78 is 0. The van der Waals surface area contributed by atoms with Gasteiger partial charge in [-0.2, -0.15) is 0 Å². The summed E-state index contributed by atoms with van der Waals surface area (Å²) in [7, 11) is 0. The Morgan fingerprint density at radius 1 is 1.28 bits per heavy atom. The van der Waals surface area contributed by atoms with Crippen LogP contribution in [0.3, 0.4) is 0 Å². The molecule has 3 heteroatoms. The molecular formula is C15H26N2O. The predicted molar refractivity (Wildman–Crippen MR) is 76.5 cm³/mol. The average molecular weight is 250 g/mol. The van der Waals surface area contributed by atoms with Crippen molar-refractivity contribution in [2.24, 2.45) is 5.73 Å². The lowest BCUT2D eigenvalue weighted by Crippen LogP contribution is -2.54. The Kier molecular flexibility index (Phi) is 5.79. The van der Waals surface area contributed by atoms with Crippen LogP contribution in [-0.2, 0) is 6.42 Å². The van der Waals surface area contributed by atoms with Crippen molar-refractivity contribution >= 4 is 0 Å². The minimum Gasteiger partial charge on any atom is -0.393 e. The highest BCUT2D eigenvalue weighted by Crippen LogP contribution is 2.14. The Morgan fingerprint density at radius 3 is 2.39 bits per heavy atom. The normalized spacial score (nSPS) is 18.1. The fourth-order valence-corrected chi connectivity index (χ4v) is 2.39. The van der Waals surface area contributed by atoms with Gasteiger partial charge in [-0.15, -0.1) is 0 Å². The minimum atomic E-state index is -0.286. The zero-order valence-corrected chi connectivity index (χ0v) is 11.7. The standard InChI is InChI=1S/C15H26N2O/c1-12(9-13(2)18)17-15(3,11-16)10-14-7-5-4-6-8-14/h4-8,12-13,17-18H,9-11,16H2,1-3H3. The van der Waals surface area contributed by atoms with E-state index in [-0.39, 0.29) is 17.7 Å². The molecule has 0 aliphatic heterocycles. The van der Waals surface area contributed by atoms with E-state index in [0.717, 1.165) is 12.8 Å². The summed E-state index contributed by atoms with van der Waals surface area (Å²) in [6, 6.07) is 10.6. The van der Waals surface area contributed by atoms with Crippen molar-refractivity contribution in [2.45, 2.75) is 51.3 Å². The van der Waals surface area contributed by atoms with E-state index < -0.39 is 0 Å². The molecule has 3 nitrogen and oxygen atoms in total. The maximum absolute atomic E-state index is 9.41. The van der Waals surface area contributed by atoms with Gasteiger partial charge in [-0.05, 0) is 39.2 Å². The lowest BCUT2D eigenvalue weighted by atomic mass is 9.91. The molecule has 0 aromatic heterocycles. The molecule has 4 N–H and O–H groups in total. The van der Waals surface area contributed by atoms with Gasteiger partial charge in [0.15, 0.2) is 0 Å². The fraction of sp³-hybridized carbons (Fsp3) is 0.600. The van der Waals surface area contributed by atoms with Crippen LogP contribution in [0, 0.1) is 0 Å². The van der Waals surface area contributed by atoms with Crippen LogP contribution >= 0.6 is 0 Å². The Labute approximate surface area is 110 Å². The van der Waals surface area contributed by atoms with Crippen LogP contribution in [0.5, 0.6) is 0 Å². The first-order chi connectivity index (χ1) is 8.45. The van der Waals surface area contributed by atoms with Crippen LogP contribution in [0.2, 0.25) is 0 Å². The fourth-order valence-electron chi connectivity index (χ4n) is 2.39. The van der Waals surface area contributed by atoms with Crippen molar-refractivity contribution in [3.05, 3.63) is 35.9 Å². The first-order valence-corrected chi connectivity index (χ1v) is 6.65. The predicted octanol–water partition coefficient (Wildman–Crippen LogP) is 1.70. The number of rotatable bonds is 7. The molecule has 0 spiro atoms. The summed E-state index contributed by atoms with van der Waals surface area (Å²) in [6.45, 7) is 6.62. The van der Waals surface area contributed by atoms with Gasteiger partial charge < -0.3 is 16.2 Å². The quantitative estimate of drug-likeness (QED) is 0.690. The van der Waals surface area contributed by atoms with Crippen molar-refractivity contribution in [2.75, 3.05) is 6.54 Å². The molecule has 102 valence electrons. The topological polar surface area (TPSA) is 58.3 Å². The summed E-state index contributed by atoms with van der Waals surface area (Å²) >= 11 is 0. The number of hydrogen-bond acceptors (Lipinski definition) is 3. The van der Waals surface area contributed by atoms with Crippen LogP contribution in [0.4, 0.5) is 0 Å². The maximum atomic E-state index is 9.41. The zero-order valence-electron chi connectivity index (χ0n) is 11.7. The molecule has 0 saturated carbocycles. The Hall–Kier alpha value is -0.900. The monoisotopic (exact) mass is 250 g/mol. The number of benzene rings is 1. The molecule has 1 rings (SSSR count). The molecule has 3 atom stereocenters. The lowest BCUT2D eigenvalue weighted by molar-refractivity contribution is 0.161. The largest absolute Gasteiger partial charge is 0.393 e. The van der Waals surface area contributed by atoms with Crippen molar-refractivity contribution in [3.63, 3.8) is 0 Å². The van der Waals surface area contributed by atoms with Crippen LogP contribution in [0.25, 0.3) is 0 Å². The molecular weight excluding hydrogens is 224 g/mol. The third kappa shape index (κ3) is 5.17. The van der Waals surface area contributed by atoms with Gasteiger partial charge in [-0.1, -0.05) is 30.3 Å². The van der Waals surface area contributed by atoms with Crippen molar-refractivity contribution < 1.29 is 5.11 Å². The summed E-state index contributed by atoms with van der Waals surface area (Å²) in [6.07, 6.45) is 1.35. The second-order valence-corrected chi connectivity index (χ2v) is 5.56. The molecule has 0 amide bonds. The number of aliphatic hydroxyl groups excluding tert-OH is 1. The second kappa shape index (κ2) is 6.88. The van der Waals surface area contributed by atoms with E-state index in [1.165, 1.54) is 5.56 Å². The molecule has 1 aromatic carbocycles. The summed E-state index contributed by atoms with van der Waals surface area (Å²) in [5.74, 6) is 0. The number of hydrogen-bond donors (Lipinski definition) is 3. The molecule has 0 aliphatic carbocycles. The van der Waals surface area contributed by atoms with Gasteiger partial charge in [-0.3, -0.25) is 0 Å². The van der Waals surface area contributed by atoms with E-state index >= 15 is 0 Å². The smallest absolute Gasteiger partial charge is 0.0526 e. The van der Waals surface area contributed by atoms with Gasteiger partial charge >= 0.3 is 0 Å². The molecule has 0 saturated heterocycles. The van der Waals surface area contributed by atoms with Crippen LogP contribution < -0.4 is 11.1 Å². The summed E-state index contributed by atoms with van der Waals surface area (Å²) in [5, 5.41) is 12.9. The molecule has 3 unspecified atom stereocenters. The SMILES string of the molecule is CC(O)CC(C)NC(C)(CN)Cc1ccccc1. The molecule has 1 aromatic rings. The van der Waals surface area contributed by atoms with E-state index in [0.29, 0.717) is 6.54 Å². The van der Waals surface area contributed by atoms with Crippen LogP contribution in [0.1, 0.15) is 32.8 Å². The van der Waals surface area contributed by atoms with E-state index in [1.54, 1.807) is 0 Å². The van der Waals surface area contributed by atoms with E-state index in [1.807, 2.05) is 25.1 Å². The lowest BCUT2D eigenvalue weighted by Gasteiger charge is -2.33. The first-order valence-electron chi connectivity index (χ1n) is 6.65. The van der Waals surface area contributed by atoms with Crippen molar-refractivity contribution in [1.82, 2.24) is 5.32 Å². The molecule has 0 heterocycles. The highest BCUT2D eigenvalue weighted by atomic mass is 16.3. The minimum absolute atomic E-state index is 0.129. The van der Waals surface area contributed by atoms with E-state index in [2.05, 4.69) is 31.3 Å². The van der Waals surface area contributed by atoms with Crippen LogP contribution in [-0.4, -0.2) is 29.3 Å². The third-order valence-corrected chi connectivity index (χ3v) is 3.18. The maximum Gasteiger partial charge on any atom is 0.0526 e. The molecule has 0 radical (unpaired) electrons. The first kappa shape index (κ1) is 15.2. The van der Waals surface area contributed by atoms with Gasteiger partial charge in [-0.25, -0.2) is 0 Å². The molecule has 0 bridgehead atoms. The molecule has 18 heavy (non-hydrogen) atoms. The molecule has 0 fully saturated rings. The second-order valence-electron chi connectivity index (χ2n) is 5.56. The number of aliphatic hydroxyl groups is 1. The summed E-state index contributed by atoms with van der Waals surface area (Å²) in [5.41, 5.74) is 7.06. The average Bonchev–Trinajstić information content (AvgIpc) is 2.28. The van der Waals surface area contributed by atoms with E-state index in [9.17, 15) is 5.11 Å².